The molecule has 0 aliphatic rings. The van der Waals surface area contributed by atoms with Gasteiger partial charge >= 0.3 is 0 Å². The SMILES string of the molecule is CS(=O)(=O)c1ccc2nc(NC(=O)COc3ccc(Br)cc3F)sc2c1. The summed E-state index contributed by atoms with van der Waals surface area (Å²) in [5.41, 5.74) is 0.567. The van der Waals surface area contributed by atoms with E-state index in [2.05, 4.69) is 26.2 Å². The van der Waals surface area contributed by atoms with Crippen molar-refractivity contribution in [3.05, 3.63) is 46.7 Å². The van der Waals surface area contributed by atoms with E-state index in [9.17, 15) is 17.6 Å². The van der Waals surface area contributed by atoms with Crippen molar-refractivity contribution >= 4 is 58.4 Å². The summed E-state index contributed by atoms with van der Waals surface area (Å²) in [4.78, 5) is 16.4. The zero-order valence-corrected chi connectivity index (χ0v) is 16.5. The van der Waals surface area contributed by atoms with Crippen molar-refractivity contribution < 1.29 is 22.3 Å². The first kappa shape index (κ1) is 18.7. The lowest BCUT2D eigenvalue weighted by Crippen LogP contribution is -2.20. The molecule has 136 valence electrons. The highest BCUT2D eigenvalue weighted by atomic mass is 79.9. The molecule has 0 saturated heterocycles. The molecule has 3 aromatic rings. The number of anilines is 1. The fourth-order valence-corrected chi connectivity index (χ4v) is 4.06. The Balaban J connectivity index is 1.69. The lowest BCUT2D eigenvalue weighted by atomic mass is 10.3. The molecule has 1 amide bonds. The Bertz CT molecular complexity index is 1100. The van der Waals surface area contributed by atoms with E-state index in [-0.39, 0.29) is 17.3 Å². The molecule has 0 aliphatic heterocycles. The van der Waals surface area contributed by atoms with Crippen LogP contribution in [-0.2, 0) is 14.6 Å². The second-order valence-corrected chi connectivity index (χ2v) is 9.29. The molecular weight excluding hydrogens is 447 g/mol. The molecule has 0 unspecified atom stereocenters. The third kappa shape index (κ3) is 4.37. The van der Waals surface area contributed by atoms with Crippen LogP contribution in [0.3, 0.4) is 0 Å². The Morgan fingerprint density at radius 3 is 2.77 bits per heavy atom. The predicted molar refractivity (Wildman–Crippen MR) is 101 cm³/mol. The molecule has 0 radical (unpaired) electrons. The van der Waals surface area contributed by atoms with Crippen molar-refractivity contribution in [1.29, 1.82) is 0 Å². The second kappa shape index (κ2) is 7.29. The number of carbonyl (C=O) groups excluding carboxylic acids is 1. The average molecular weight is 459 g/mol. The first-order valence-electron chi connectivity index (χ1n) is 7.21. The Labute approximate surface area is 161 Å². The van der Waals surface area contributed by atoms with Crippen molar-refractivity contribution in [3.63, 3.8) is 0 Å². The molecule has 1 aromatic heterocycles. The van der Waals surface area contributed by atoms with Gasteiger partial charge < -0.3 is 4.74 Å². The number of nitrogens with one attached hydrogen (secondary N) is 1. The Morgan fingerprint density at radius 2 is 2.08 bits per heavy atom. The van der Waals surface area contributed by atoms with Gasteiger partial charge in [-0.1, -0.05) is 27.3 Å². The van der Waals surface area contributed by atoms with Crippen LogP contribution in [0, 0.1) is 5.82 Å². The summed E-state index contributed by atoms with van der Waals surface area (Å²) >= 11 is 4.27. The summed E-state index contributed by atoms with van der Waals surface area (Å²) in [5, 5.41) is 2.85. The molecule has 0 atom stereocenters. The number of benzene rings is 2. The smallest absolute Gasteiger partial charge is 0.264 e. The number of rotatable bonds is 5. The number of amides is 1. The van der Waals surface area contributed by atoms with E-state index in [0.29, 0.717) is 19.8 Å². The van der Waals surface area contributed by atoms with Gasteiger partial charge in [-0.2, -0.15) is 0 Å². The molecule has 26 heavy (non-hydrogen) atoms. The highest BCUT2D eigenvalue weighted by Crippen LogP contribution is 2.28. The molecule has 2 aromatic carbocycles. The van der Waals surface area contributed by atoms with Gasteiger partial charge in [0.25, 0.3) is 5.91 Å². The van der Waals surface area contributed by atoms with E-state index in [0.717, 1.165) is 17.6 Å². The Morgan fingerprint density at radius 1 is 1.31 bits per heavy atom. The third-order valence-electron chi connectivity index (χ3n) is 3.29. The van der Waals surface area contributed by atoms with Gasteiger partial charge in [-0.25, -0.2) is 17.8 Å². The molecule has 1 N–H and O–H groups in total. The number of thiazole rings is 1. The number of carbonyl (C=O) groups is 1. The largest absolute Gasteiger partial charge is 0.481 e. The zero-order chi connectivity index (χ0) is 18.9. The number of sulfone groups is 1. The predicted octanol–water partition coefficient (Wildman–Crippen LogP) is 3.62. The van der Waals surface area contributed by atoms with E-state index in [1.165, 1.54) is 24.3 Å². The maximum Gasteiger partial charge on any atom is 0.264 e. The van der Waals surface area contributed by atoms with Gasteiger partial charge in [-0.05, 0) is 36.4 Å². The minimum Gasteiger partial charge on any atom is -0.481 e. The molecule has 0 bridgehead atoms. The lowest BCUT2D eigenvalue weighted by molar-refractivity contribution is -0.118. The zero-order valence-electron chi connectivity index (χ0n) is 13.3. The molecule has 0 aliphatic carbocycles. The van der Waals surface area contributed by atoms with Crippen LogP contribution in [0.25, 0.3) is 10.2 Å². The molecule has 0 spiro atoms. The van der Waals surface area contributed by atoms with Gasteiger partial charge in [0.2, 0.25) is 0 Å². The normalized spacial score (nSPS) is 11.5. The maximum absolute atomic E-state index is 13.7. The first-order valence-corrected chi connectivity index (χ1v) is 10.7. The van der Waals surface area contributed by atoms with Crippen molar-refractivity contribution in [2.24, 2.45) is 0 Å². The Kier molecular flexibility index (Phi) is 5.26. The standard InChI is InChI=1S/C16H12BrFN2O4S2/c1-26(22,23)10-3-4-12-14(7-10)25-16(19-12)20-15(21)8-24-13-5-2-9(17)6-11(13)18/h2-7H,8H2,1H3,(H,19,20,21). The van der Waals surface area contributed by atoms with Crippen LogP contribution in [0.4, 0.5) is 9.52 Å². The topological polar surface area (TPSA) is 85.4 Å². The minimum atomic E-state index is -3.32. The number of nitrogens with zero attached hydrogens (tertiary/aromatic N) is 1. The number of fused-ring (bicyclic) bond motifs is 1. The van der Waals surface area contributed by atoms with Crippen LogP contribution >= 0.6 is 27.3 Å². The maximum atomic E-state index is 13.7. The molecular formula is C16H12BrFN2O4S2. The van der Waals surface area contributed by atoms with Crippen LogP contribution < -0.4 is 10.1 Å². The summed E-state index contributed by atoms with van der Waals surface area (Å²) in [6.45, 7) is -0.386. The molecule has 0 saturated carbocycles. The van der Waals surface area contributed by atoms with Crippen LogP contribution in [0.2, 0.25) is 0 Å². The minimum absolute atomic E-state index is 0.0366. The summed E-state index contributed by atoms with van der Waals surface area (Å²) < 4.78 is 43.2. The van der Waals surface area contributed by atoms with Crippen LogP contribution in [0.1, 0.15) is 0 Å². The number of aromatic nitrogens is 1. The number of ether oxygens (including phenoxy) is 1. The van der Waals surface area contributed by atoms with Crippen LogP contribution in [-0.4, -0.2) is 32.2 Å². The quantitative estimate of drug-likeness (QED) is 0.630. The highest BCUT2D eigenvalue weighted by molar-refractivity contribution is 9.10. The van der Waals surface area contributed by atoms with Crippen LogP contribution in [0.15, 0.2) is 45.8 Å². The van der Waals surface area contributed by atoms with Crippen molar-refractivity contribution in [2.45, 2.75) is 4.90 Å². The second-order valence-electron chi connectivity index (χ2n) is 5.33. The summed E-state index contributed by atoms with van der Waals surface area (Å²) in [7, 11) is -3.32. The number of hydrogen-bond donors (Lipinski definition) is 1. The van der Waals surface area contributed by atoms with E-state index < -0.39 is 21.6 Å². The molecule has 10 heteroatoms. The van der Waals surface area contributed by atoms with E-state index in [1.54, 1.807) is 12.1 Å². The third-order valence-corrected chi connectivity index (χ3v) is 5.82. The van der Waals surface area contributed by atoms with Gasteiger partial charge in [-0.3, -0.25) is 10.1 Å². The van der Waals surface area contributed by atoms with Gasteiger partial charge in [0.05, 0.1) is 15.1 Å². The number of hydrogen-bond acceptors (Lipinski definition) is 6. The average Bonchev–Trinajstić information content (AvgIpc) is 2.94. The summed E-state index contributed by atoms with van der Waals surface area (Å²) in [6.07, 6.45) is 1.12. The molecule has 1 heterocycles. The van der Waals surface area contributed by atoms with Gasteiger partial charge in [0.15, 0.2) is 33.1 Å². The monoisotopic (exact) mass is 458 g/mol. The van der Waals surface area contributed by atoms with Crippen molar-refractivity contribution in [2.75, 3.05) is 18.2 Å². The first-order chi connectivity index (χ1) is 12.2. The van der Waals surface area contributed by atoms with Gasteiger partial charge in [0, 0.05) is 10.7 Å². The molecule has 3 rings (SSSR count). The van der Waals surface area contributed by atoms with Crippen molar-refractivity contribution in [1.82, 2.24) is 4.98 Å². The lowest BCUT2D eigenvalue weighted by Gasteiger charge is -2.06. The molecule has 0 fully saturated rings. The van der Waals surface area contributed by atoms with E-state index >= 15 is 0 Å². The fraction of sp³-hybridized carbons (Fsp3) is 0.125. The summed E-state index contributed by atoms with van der Waals surface area (Å²) in [6, 6.07) is 8.79. The fourth-order valence-electron chi connectivity index (χ4n) is 2.08. The van der Waals surface area contributed by atoms with Gasteiger partial charge in [-0.15, -0.1) is 0 Å². The molecule has 6 nitrogen and oxygen atoms in total. The van der Waals surface area contributed by atoms with Crippen LogP contribution in [0.5, 0.6) is 5.75 Å². The Hall–Kier alpha value is -2.04. The number of halogens is 2. The van der Waals surface area contributed by atoms with Gasteiger partial charge in [0.1, 0.15) is 0 Å². The van der Waals surface area contributed by atoms with E-state index in [4.69, 9.17) is 4.74 Å². The van der Waals surface area contributed by atoms with Crippen molar-refractivity contribution in [3.8, 4) is 5.75 Å². The van der Waals surface area contributed by atoms with E-state index in [1.807, 2.05) is 0 Å². The highest BCUT2D eigenvalue weighted by Gasteiger charge is 2.13. The summed E-state index contributed by atoms with van der Waals surface area (Å²) in [5.74, 6) is -1.12.